The Morgan fingerprint density at radius 1 is 1.25 bits per heavy atom. The van der Waals surface area contributed by atoms with Crippen molar-refractivity contribution in [1.29, 1.82) is 0 Å². The Morgan fingerprint density at radius 3 is 2.81 bits per heavy atom. The summed E-state index contributed by atoms with van der Waals surface area (Å²) in [4.78, 5) is 14.5. The van der Waals surface area contributed by atoms with Gasteiger partial charge in [-0.1, -0.05) is 12.1 Å². The molecule has 2 nitrogen and oxygen atoms in total. The van der Waals surface area contributed by atoms with Gasteiger partial charge in [-0.3, -0.25) is 4.98 Å². The van der Waals surface area contributed by atoms with E-state index in [1.54, 1.807) is 36.5 Å². The number of halogens is 1. The molecular weight excluding hydrogens is 205 g/mol. The number of benzene rings is 1. The van der Waals surface area contributed by atoms with E-state index < -0.39 is 0 Å². The first-order chi connectivity index (χ1) is 7.81. The molecule has 0 saturated heterocycles. The predicted octanol–water partition coefficient (Wildman–Crippen LogP) is 2.63. The number of pyridine rings is 1. The van der Waals surface area contributed by atoms with Gasteiger partial charge in [-0.2, -0.15) is 0 Å². The van der Waals surface area contributed by atoms with Gasteiger partial charge in [0.25, 0.3) is 0 Å². The van der Waals surface area contributed by atoms with Gasteiger partial charge in [0.1, 0.15) is 12.1 Å². The van der Waals surface area contributed by atoms with Crippen molar-refractivity contribution in [1.82, 2.24) is 4.98 Å². The maximum atomic E-state index is 13.5. The van der Waals surface area contributed by atoms with Gasteiger partial charge in [0.15, 0.2) is 0 Å². The first-order valence-electron chi connectivity index (χ1n) is 4.95. The van der Waals surface area contributed by atoms with Crippen LogP contribution in [0.2, 0.25) is 0 Å². The summed E-state index contributed by atoms with van der Waals surface area (Å²) >= 11 is 0. The highest BCUT2D eigenvalue weighted by atomic mass is 19.1. The number of aldehydes is 1. The summed E-state index contributed by atoms with van der Waals surface area (Å²) < 4.78 is 13.5. The molecule has 0 N–H and O–H groups in total. The van der Waals surface area contributed by atoms with Crippen molar-refractivity contribution < 1.29 is 9.18 Å². The highest BCUT2D eigenvalue weighted by Crippen LogP contribution is 2.20. The van der Waals surface area contributed by atoms with Crippen LogP contribution in [0.5, 0.6) is 0 Å². The fourth-order valence-corrected chi connectivity index (χ4v) is 1.51. The third-order valence-electron chi connectivity index (χ3n) is 2.29. The van der Waals surface area contributed by atoms with Crippen LogP contribution in [-0.4, -0.2) is 11.3 Å². The zero-order valence-electron chi connectivity index (χ0n) is 8.56. The lowest BCUT2D eigenvalue weighted by Crippen LogP contribution is -1.91. The Kier molecular flexibility index (Phi) is 3.05. The fraction of sp³-hybridized carbons (Fsp3) is 0.0769. The van der Waals surface area contributed by atoms with Crippen LogP contribution < -0.4 is 0 Å². The number of carbonyl (C=O) groups is 1. The molecule has 2 rings (SSSR count). The van der Waals surface area contributed by atoms with E-state index in [4.69, 9.17) is 0 Å². The predicted molar refractivity (Wildman–Crippen MR) is 59.4 cm³/mol. The van der Waals surface area contributed by atoms with E-state index >= 15 is 0 Å². The van der Waals surface area contributed by atoms with Gasteiger partial charge in [0.05, 0.1) is 5.69 Å². The second-order valence-electron chi connectivity index (χ2n) is 3.40. The molecule has 3 heteroatoms. The Morgan fingerprint density at radius 2 is 2.06 bits per heavy atom. The molecule has 0 radical (unpaired) electrons. The number of hydrogen-bond donors (Lipinski definition) is 0. The maximum absolute atomic E-state index is 13.5. The van der Waals surface area contributed by atoms with Crippen molar-refractivity contribution in [3.63, 3.8) is 0 Å². The van der Waals surface area contributed by atoms with Crippen LogP contribution >= 0.6 is 0 Å². The minimum Gasteiger partial charge on any atom is -0.303 e. The number of rotatable bonds is 3. The van der Waals surface area contributed by atoms with Crippen molar-refractivity contribution in [2.45, 2.75) is 6.42 Å². The van der Waals surface area contributed by atoms with Crippen molar-refractivity contribution in [3.8, 4) is 11.3 Å². The zero-order valence-corrected chi connectivity index (χ0v) is 8.56. The van der Waals surface area contributed by atoms with Crippen LogP contribution in [0.3, 0.4) is 0 Å². The summed E-state index contributed by atoms with van der Waals surface area (Å²) in [5.74, 6) is -0.307. The average Bonchev–Trinajstić information content (AvgIpc) is 2.30. The van der Waals surface area contributed by atoms with Crippen LogP contribution in [0, 0.1) is 5.82 Å². The Balaban J connectivity index is 2.44. The van der Waals surface area contributed by atoms with E-state index in [-0.39, 0.29) is 5.82 Å². The molecule has 0 spiro atoms. The van der Waals surface area contributed by atoms with Gasteiger partial charge in [0.2, 0.25) is 0 Å². The largest absolute Gasteiger partial charge is 0.303 e. The van der Waals surface area contributed by atoms with E-state index in [1.165, 1.54) is 6.07 Å². The number of nitrogens with zero attached hydrogens (tertiary/aromatic N) is 1. The van der Waals surface area contributed by atoms with E-state index in [0.717, 1.165) is 11.8 Å². The average molecular weight is 215 g/mol. The molecule has 0 aliphatic carbocycles. The van der Waals surface area contributed by atoms with Crippen molar-refractivity contribution >= 4 is 6.29 Å². The number of aromatic nitrogens is 1. The summed E-state index contributed by atoms with van der Waals surface area (Å²) in [5.41, 5.74) is 1.84. The maximum Gasteiger partial charge on any atom is 0.132 e. The van der Waals surface area contributed by atoms with Gasteiger partial charge in [-0.15, -0.1) is 0 Å². The SMILES string of the molecule is O=CCc1ccnc(-c2ccccc2F)c1. The van der Waals surface area contributed by atoms with Crippen molar-refractivity contribution in [2.24, 2.45) is 0 Å². The molecule has 1 aromatic carbocycles. The van der Waals surface area contributed by atoms with Crippen molar-refractivity contribution in [2.75, 3.05) is 0 Å². The lowest BCUT2D eigenvalue weighted by molar-refractivity contribution is -0.107. The lowest BCUT2D eigenvalue weighted by Gasteiger charge is -2.03. The smallest absolute Gasteiger partial charge is 0.132 e. The molecular formula is C13H10FNO. The monoisotopic (exact) mass is 215 g/mol. The summed E-state index contributed by atoms with van der Waals surface area (Å²) in [6.45, 7) is 0. The molecule has 1 aromatic heterocycles. The van der Waals surface area contributed by atoms with E-state index in [9.17, 15) is 9.18 Å². The highest BCUT2D eigenvalue weighted by molar-refractivity contribution is 5.62. The van der Waals surface area contributed by atoms with Gasteiger partial charge in [0, 0.05) is 18.2 Å². The van der Waals surface area contributed by atoms with Crippen LogP contribution in [0.25, 0.3) is 11.3 Å². The molecule has 0 saturated carbocycles. The van der Waals surface area contributed by atoms with Gasteiger partial charge in [-0.05, 0) is 29.8 Å². The first-order valence-corrected chi connectivity index (χ1v) is 4.95. The van der Waals surface area contributed by atoms with Gasteiger partial charge < -0.3 is 4.79 Å². The highest BCUT2D eigenvalue weighted by Gasteiger charge is 2.05. The lowest BCUT2D eigenvalue weighted by atomic mass is 10.1. The third-order valence-corrected chi connectivity index (χ3v) is 2.29. The number of carbonyl (C=O) groups excluding carboxylic acids is 1. The molecule has 0 amide bonds. The second-order valence-corrected chi connectivity index (χ2v) is 3.40. The molecule has 0 unspecified atom stereocenters. The van der Waals surface area contributed by atoms with E-state index in [2.05, 4.69) is 4.98 Å². The first kappa shape index (κ1) is 10.5. The van der Waals surface area contributed by atoms with Crippen LogP contribution in [0.4, 0.5) is 4.39 Å². The van der Waals surface area contributed by atoms with Crippen LogP contribution in [0.1, 0.15) is 5.56 Å². The molecule has 80 valence electrons. The summed E-state index contributed by atoms with van der Waals surface area (Å²) in [7, 11) is 0. The zero-order chi connectivity index (χ0) is 11.4. The molecule has 0 atom stereocenters. The Hall–Kier alpha value is -2.03. The third kappa shape index (κ3) is 2.14. The molecule has 1 heterocycles. The normalized spacial score (nSPS) is 10.1. The van der Waals surface area contributed by atoms with Crippen molar-refractivity contribution in [3.05, 3.63) is 54.0 Å². The van der Waals surface area contributed by atoms with Gasteiger partial charge >= 0.3 is 0 Å². The standard InChI is InChI=1S/C13H10FNO/c14-12-4-2-1-3-11(12)13-9-10(6-8-16)5-7-15-13/h1-5,7-9H,6H2. The quantitative estimate of drug-likeness (QED) is 0.737. The fourth-order valence-electron chi connectivity index (χ4n) is 1.51. The van der Waals surface area contributed by atoms with E-state index in [0.29, 0.717) is 17.7 Å². The molecule has 0 fully saturated rings. The minimum atomic E-state index is -0.307. The Labute approximate surface area is 92.8 Å². The van der Waals surface area contributed by atoms with Crippen LogP contribution in [-0.2, 0) is 11.2 Å². The molecule has 0 bridgehead atoms. The number of hydrogen-bond acceptors (Lipinski definition) is 2. The molecule has 2 aromatic rings. The van der Waals surface area contributed by atoms with E-state index in [1.807, 2.05) is 0 Å². The summed E-state index contributed by atoms with van der Waals surface area (Å²) in [6.07, 6.45) is 2.73. The topological polar surface area (TPSA) is 30.0 Å². The molecule has 16 heavy (non-hydrogen) atoms. The second kappa shape index (κ2) is 4.66. The summed E-state index contributed by atoms with van der Waals surface area (Å²) in [6, 6.07) is 9.93. The van der Waals surface area contributed by atoms with Crippen LogP contribution in [0.15, 0.2) is 42.6 Å². The Bertz CT molecular complexity index is 511. The van der Waals surface area contributed by atoms with Gasteiger partial charge in [-0.25, -0.2) is 4.39 Å². The molecule has 0 aliphatic rings. The minimum absolute atomic E-state index is 0.307. The summed E-state index contributed by atoms with van der Waals surface area (Å²) in [5, 5.41) is 0. The molecule has 0 aliphatic heterocycles.